The average Bonchev–Trinajstić information content (AvgIpc) is 3.31. The fourth-order valence-electron chi connectivity index (χ4n) is 3.83. The highest BCUT2D eigenvalue weighted by atomic mass is 35.5. The van der Waals surface area contributed by atoms with E-state index >= 15 is 0 Å². The summed E-state index contributed by atoms with van der Waals surface area (Å²) in [7, 11) is 0. The molecule has 0 radical (unpaired) electrons. The Morgan fingerprint density at radius 1 is 1.37 bits per heavy atom. The van der Waals surface area contributed by atoms with Crippen molar-refractivity contribution in [3.05, 3.63) is 75.7 Å². The highest BCUT2D eigenvalue weighted by molar-refractivity contribution is 8.03. The van der Waals surface area contributed by atoms with Gasteiger partial charge in [0, 0.05) is 44.9 Å². The van der Waals surface area contributed by atoms with Crippen LogP contribution in [0.25, 0.3) is 0 Å². The molecule has 7 heteroatoms. The molecular weight excluding hydrogens is 418 g/mol. The first kappa shape index (κ1) is 20.8. The molecule has 1 unspecified atom stereocenters. The number of hydrogen-bond donors (Lipinski definition) is 0. The Hall–Kier alpha value is -2.44. The summed E-state index contributed by atoms with van der Waals surface area (Å²) in [6.07, 6.45) is 8.91. The van der Waals surface area contributed by atoms with Crippen molar-refractivity contribution in [2.75, 3.05) is 11.5 Å². The first-order valence-electron chi connectivity index (χ1n) is 10.1. The third-order valence-electron chi connectivity index (χ3n) is 5.23. The van der Waals surface area contributed by atoms with E-state index in [1.54, 1.807) is 17.8 Å². The maximum atomic E-state index is 12.1. The number of benzene rings is 1. The van der Waals surface area contributed by atoms with Crippen LogP contribution in [0.3, 0.4) is 0 Å². The Balaban J connectivity index is 1.69. The van der Waals surface area contributed by atoms with Crippen molar-refractivity contribution in [2.45, 2.75) is 38.6 Å². The Morgan fingerprint density at radius 3 is 2.93 bits per heavy atom. The topological polar surface area (TPSA) is 47.4 Å². The maximum absolute atomic E-state index is 12.1. The molecule has 30 heavy (non-hydrogen) atoms. The number of fused-ring (bicyclic) bond motifs is 1. The summed E-state index contributed by atoms with van der Waals surface area (Å²) < 4.78 is 7.07. The predicted octanol–water partition coefficient (Wildman–Crippen LogP) is 5.95. The molecule has 2 heterocycles. The smallest absolute Gasteiger partial charge is 0.338 e. The molecule has 1 aliphatic heterocycles. The molecule has 156 valence electrons. The zero-order valence-electron chi connectivity index (χ0n) is 17.3. The van der Waals surface area contributed by atoms with Gasteiger partial charge in [0.25, 0.3) is 0 Å². The third-order valence-corrected chi connectivity index (χ3v) is 6.79. The van der Waals surface area contributed by atoms with Crippen LogP contribution in [0.1, 0.15) is 37.6 Å². The number of nitrogens with zero attached hydrogens (tertiary/aromatic N) is 3. The number of anilines is 1. The lowest BCUT2D eigenvalue weighted by atomic mass is 9.98. The van der Waals surface area contributed by atoms with Crippen LogP contribution in [-0.2, 0) is 11.3 Å². The van der Waals surface area contributed by atoms with Gasteiger partial charge in [-0.3, -0.25) is 4.68 Å². The number of rotatable bonds is 6. The number of carbonyl (C=O) groups is 1. The van der Waals surface area contributed by atoms with Gasteiger partial charge in [0.05, 0.1) is 24.1 Å². The highest BCUT2D eigenvalue weighted by Gasteiger charge is 2.37. The van der Waals surface area contributed by atoms with Gasteiger partial charge in [-0.15, -0.1) is 0 Å². The average molecular weight is 442 g/mol. The Kier molecular flexibility index (Phi) is 6.06. The lowest BCUT2D eigenvalue weighted by Crippen LogP contribution is -2.19. The fourth-order valence-corrected chi connectivity index (χ4v) is 5.21. The summed E-state index contributed by atoms with van der Waals surface area (Å²) >= 11 is 8.07. The number of hydrogen-bond acceptors (Lipinski definition) is 5. The van der Waals surface area contributed by atoms with Gasteiger partial charge < -0.3 is 9.64 Å². The number of aromatic nitrogens is 2. The van der Waals surface area contributed by atoms with Crippen LogP contribution in [0.4, 0.5) is 5.69 Å². The SMILES string of the molecule is CCOC(=O)c1cccc(SC2=C(C)N(c3cnn(CC)c3)C3=CC(Cl)=CCC32)c1. The lowest BCUT2D eigenvalue weighted by Gasteiger charge is -2.25. The summed E-state index contributed by atoms with van der Waals surface area (Å²) in [6.45, 7) is 7.21. The van der Waals surface area contributed by atoms with Crippen molar-refractivity contribution in [1.29, 1.82) is 0 Å². The van der Waals surface area contributed by atoms with E-state index in [9.17, 15) is 4.79 Å². The molecule has 0 saturated carbocycles. The summed E-state index contributed by atoms with van der Waals surface area (Å²) in [5, 5.41) is 5.21. The standard InChI is InChI=1S/C23H24ClN3O2S/c1-4-26-14-18(13-25-26)27-15(3)22(20-10-9-17(24)12-21(20)27)30-19-8-6-7-16(11-19)23(28)29-5-2/h6-9,11-14,20H,4-5,10H2,1-3H3. The van der Waals surface area contributed by atoms with Crippen molar-refractivity contribution >= 4 is 35.0 Å². The number of allylic oxidation sites excluding steroid dienone is 5. The van der Waals surface area contributed by atoms with E-state index in [4.69, 9.17) is 16.3 Å². The second-order valence-corrected chi connectivity index (χ2v) is 8.69. The normalized spacial score (nSPS) is 18.3. The molecule has 0 amide bonds. The van der Waals surface area contributed by atoms with Crippen LogP contribution >= 0.6 is 23.4 Å². The minimum atomic E-state index is -0.293. The maximum Gasteiger partial charge on any atom is 0.338 e. The van der Waals surface area contributed by atoms with Gasteiger partial charge in [0.1, 0.15) is 0 Å². The van der Waals surface area contributed by atoms with Crippen molar-refractivity contribution < 1.29 is 9.53 Å². The van der Waals surface area contributed by atoms with E-state index in [1.165, 1.54) is 10.6 Å². The lowest BCUT2D eigenvalue weighted by molar-refractivity contribution is 0.0526. The summed E-state index contributed by atoms with van der Waals surface area (Å²) in [5.41, 5.74) is 3.93. The van der Waals surface area contributed by atoms with Crippen molar-refractivity contribution in [3.63, 3.8) is 0 Å². The van der Waals surface area contributed by atoms with Gasteiger partial charge >= 0.3 is 5.97 Å². The van der Waals surface area contributed by atoms with Crippen LogP contribution < -0.4 is 4.90 Å². The number of carbonyl (C=O) groups excluding carboxylic acids is 1. The first-order valence-corrected chi connectivity index (χ1v) is 11.3. The summed E-state index contributed by atoms with van der Waals surface area (Å²) in [4.78, 5) is 16.7. The molecule has 2 aromatic rings. The van der Waals surface area contributed by atoms with Crippen molar-refractivity contribution in [1.82, 2.24) is 9.78 Å². The minimum Gasteiger partial charge on any atom is -0.462 e. The minimum absolute atomic E-state index is 0.230. The molecule has 1 aliphatic carbocycles. The molecule has 2 aliphatic rings. The van der Waals surface area contributed by atoms with Crippen LogP contribution in [0.5, 0.6) is 0 Å². The van der Waals surface area contributed by atoms with Crippen molar-refractivity contribution in [3.8, 4) is 0 Å². The molecule has 0 spiro atoms. The van der Waals surface area contributed by atoms with Gasteiger partial charge in [-0.2, -0.15) is 5.10 Å². The van der Waals surface area contributed by atoms with Gasteiger partial charge in [-0.05, 0) is 51.5 Å². The fraction of sp³-hybridized carbons (Fsp3) is 0.304. The number of ether oxygens (including phenoxy) is 1. The molecule has 1 atom stereocenters. The number of esters is 1. The van der Waals surface area contributed by atoms with Gasteiger partial charge in [-0.1, -0.05) is 35.5 Å². The number of halogens is 1. The second kappa shape index (κ2) is 8.74. The van der Waals surface area contributed by atoms with E-state index in [-0.39, 0.29) is 11.9 Å². The van der Waals surface area contributed by atoms with E-state index in [2.05, 4.69) is 36.1 Å². The van der Waals surface area contributed by atoms with Crippen LogP contribution in [0.15, 0.2) is 75.0 Å². The van der Waals surface area contributed by atoms with Gasteiger partial charge in [0.15, 0.2) is 0 Å². The van der Waals surface area contributed by atoms with E-state index in [0.717, 1.165) is 34.3 Å². The third kappa shape index (κ3) is 3.94. The molecule has 4 rings (SSSR count). The molecule has 5 nitrogen and oxygen atoms in total. The molecule has 0 saturated heterocycles. The van der Waals surface area contributed by atoms with Crippen LogP contribution in [0.2, 0.25) is 0 Å². The van der Waals surface area contributed by atoms with E-state index in [0.29, 0.717) is 12.2 Å². The molecular formula is C23H24ClN3O2S. The predicted molar refractivity (Wildman–Crippen MR) is 121 cm³/mol. The zero-order chi connectivity index (χ0) is 21.3. The molecule has 0 bridgehead atoms. The first-order chi connectivity index (χ1) is 14.5. The molecule has 0 fully saturated rings. The van der Waals surface area contributed by atoms with E-state index < -0.39 is 0 Å². The zero-order valence-corrected chi connectivity index (χ0v) is 18.8. The Bertz CT molecular complexity index is 1070. The molecule has 1 aromatic heterocycles. The van der Waals surface area contributed by atoms with E-state index in [1.807, 2.05) is 42.1 Å². The number of aryl methyl sites for hydroxylation is 1. The summed E-state index contributed by atoms with van der Waals surface area (Å²) in [6, 6.07) is 7.62. The molecule has 1 aromatic carbocycles. The van der Waals surface area contributed by atoms with Gasteiger partial charge in [-0.25, -0.2) is 4.79 Å². The largest absolute Gasteiger partial charge is 0.462 e. The molecule has 0 N–H and O–H groups in total. The monoisotopic (exact) mass is 441 g/mol. The van der Waals surface area contributed by atoms with Crippen molar-refractivity contribution in [2.24, 2.45) is 5.92 Å². The summed E-state index contributed by atoms with van der Waals surface area (Å²) in [5.74, 6) is -0.0626. The van der Waals surface area contributed by atoms with Crippen LogP contribution in [-0.4, -0.2) is 22.4 Å². The second-order valence-electron chi connectivity index (χ2n) is 7.14. The van der Waals surface area contributed by atoms with Crippen LogP contribution in [0, 0.1) is 5.92 Å². The number of thioether (sulfide) groups is 1. The highest BCUT2D eigenvalue weighted by Crippen LogP contribution is 2.50. The Labute approximate surface area is 186 Å². The Morgan fingerprint density at radius 2 is 2.20 bits per heavy atom. The quantitative estimate of drug-likeness (QED) is 0.518. The van der Waals surface area contributed by atoms with Gasteiger partial charge in [0.2, 0.25) is 0 Å².